The van der Waals surface area contributed by atoms with E-state index in [0.29, 0.717) is 38.1 Å². The molecule has 7 nitrogen and oxygen atoms in total. The van der Waals surface area contributed by atoms with Crippen molar-refractivity contribution in [3.63, 3.8) is 0 Å². The number of nitrogens with zero attached hydrogens (tertiary/aromatic N) is 2. The van der Waals surface area contributed by atoms with Crippen LogP contribution in [-0.4, -0.2) is 55.5 Å². The van der Waals surface area contributed by atoms with E-state index < -0.39 is 18.3 Å². The summed E-state index contributed by atoms with van der Waals surface area (Å²) in [6.45, 7) is 2.08. The zero-order valence-electron chi connectivity index (χ0n) is 19.4. The van der Waals surface area contributed by atoms with E-state index in [1.807, 2.05) is 0 Å². The maximum absolute atomic E-state index is 11.7. The number of aromatic nitrogens is 2. The Morgan fingerprint density at radius 3 is 2.56 bits per heavy atom. The lowest BCUT2D eigenvalue weighted by Gasteiger charge is -2.30. The molecule has 7 heteroatoms. The monoisotopic (exact) mass is 447 g/mol. The minimum absolute atomic E-state index is 0.0111. The molecule has 3 rings (SSSR count). The molecule has 6 atom stereocenters. The Bertz CT molecular complexity index is 685. The van der Waals surface area contributed by atoms with Gasteiger partial charge in [0.1, 0.15) is 5.82 Å². The first-order valence-corrected chi connectivity index (χ1v) is 12.5. The molecule has 0 radical (unpaired) electrons. The first kappa shape index (κ1) is 25.1. The van der Waals surface area contributed by atoms with E-state index in [1.54, 1.807) is 18.5 Å². The van der Waals surface area contributed by atoms with Crippen molar-refractivity contribution >= 4 is 5.91 Å². The predicted molar refractivity (Wildman–Crippen MR) is 123 cm³/mol. The van der Waals surface area contributed by atoms with Crippen molar-refractivity contribution < 1.29 is 20.1 Å². The number of amides is 1. The maximum atomic E-state index is 11.7. The van der Waals surface area contributed by atoms with Crippen molar-refractivity contribution in [3.8, 4) is 0 Å². The second-order valence-corrected chi connectivity index (χ2v) is 9.98. The number of hydrogen-bond acceptors (Lipinski definition) is 6. The van der Waals surface area contributed by atoms with Crippen LogP contribution in [-0.2, 0) is 11.2 Å². The second-order valence-electron chi connectivity index (χ2n) is 9.98. The van der Waals surface area contributed by atoms with Gasteiger partial charge in [0.25, 0.3) is 0 Å². The van der Waals surface area contributed by atoms with Crippen LogP contribution >= 0.6 is 0 Å². The summed E-state index contributed by atoms with van der Waals surface area (Å²) in [5.74, 6) is 1.12. The van der Waals surface area contributed by atoms with Gasteiger partial charge in [0.2, 0.25) is 5.91 Å². The van der Waals surface area contributed by atoms with Gasteiger partial charge in [0.15, 0.2) is 0 Å². The van der Waals surface area contributed by atoms with Crippen molar-refractivity contribution in [1.82, 2.24) is 15.3 Å². The number of carbonyl (C=O) groups excluding carboxylic acids is 1. The van der Waals surface area contributed by atoms with Gasteiger partial charge in [-0.3, -0.25) is 4.79 Å². The van der Waals surface area contributed by atoms with Gasteiger partial charge < -0.3 is 20.6 Å². The quantitative estimate of drug-likeness (QED) is 0.326. The summed E-state index contributed by atoms with van der Waals surface area (Å²) in [4.78, 5) is 20.2. The van der Waals surface area contributed by atoms with Crippen molar-refractivity contribution in [1.29, 1.82) is 0 Å². The number of aryl methyl sites for hydroxylation is 1. The molecule has 0 aliphatic heterocycles. The van der Waals surface area contributed by atoms with Gasteiger partial charge in [-0.25, -0.2) is 9.97 Å². The molecule has 4 N–H and O–H groups in total. The SMILES string of the molecule is C[C@@H](C[C@@H](O)CCc1ncccn1)[C@@H]1[C@@H](CCCCCCC(=O)NC2CC2)[C@@H](O)C[C@H]1O. The fraction of sp³-hybridized carbons (Fsp3) is 0.800. The number of rotatable bonds is 14. The molecular formula is C25H41N3O4. The lowest BCUT2D eigenvalue weighted by Crippen LogP contribution is -2.30. The number of carbonyl (C=O) groups is 1. The largest absolute Gasteiger partial charge is 0.393 e. The number of nitrogens with one attached hydrogen (secondary N) is 1. The maximum Gasteiger partial charge on any atom is 0.220 e. The summed E-state index contributed by atoms with van der Waals surface area (Å²) >= 11 is 0. The van der Waals surface area contributed by atoms with Gasteiger partial charge in [-0.2, -0.15) is 0 Å². The molecule has 1 aromatic heterocycles. The standard InChI is InChI=1S/C25H41N3O4/c1-17(15-19(29)11-12-23-26-13-6-14-27-23)25-20(21(30)16-22(25)31)7-4-2-3-5-8-24(32)28-18-9-10-18/h6,13-14,17-22,25,29-31H,2-5,7-12,15-16H2,1H3,(H,28,32)/t17-,19-,20-,21-,22+,25+/m0/s1. The van der Waals surface area contributed by atoms with Gasteiger partial charge >= 0.3 is 0 Å². The van der Waals surface area contributed by atoms with Crippen molar-refractivity contribution in [2.75, 3.05) is 0 Å². The Hall–Kier alpha value is -1.57. The van der Waals surface area contributed by atoms with Gasteiger partial charge in [-0.15, -0.1) is 0 Å². The van der Waals surface area contributed by atoms with Crippen LogP contribution in [0.4, 0.5) is 0 Å². The van der Waals surface area contributed by atoms with Crippen LogP contribution in [0.5, 0.6) is 0 Å². The summed E-state index contributed by atoms with van der Waals surface area (Å²) in [5, 5.41) is 34.7. The van der Waals surface area contributed by atoms with E-state index in [9.17, 15) is 20.1 Å². The lowest BCUT2D eigenvalue weighted by atomic mass is 9.78. The summed E-state index contributed by atoms with van der Waals surface area (Å²) in [6.07, 6.45) is 11.9. The molecule has 2 fully saturated rings. The van der Waals surface area contributed by atoms with Crippen LogP contribution in [0.2, 0.25) is 0 Å². The molecule has 0 unspecified atom stereocenters. The summed E-state index contributed by atoms with van der Waals surface area (Å²) < 4.78 is 0. The summed E-state index contributed by atoms with van der Waals surface area (Å²) in [6, 6.07) is 2.21. The number of unbranched alkanes of at least 4 members (excludes halogenated alkanes) is 3. The molecule has 0 saturated heterocycles. The van der Waals surface area contributed by atoms with Crippen LogP contribution in [0.1, 0.15) is 83.4 Å². The van der Waals surface area contributed by atoms with Crippen molar-refractivity contribution in [3.05, 3.63) is 24.3 Å². The van der Waals surface area contributed by atoms with Crippen molar-refractivity contribution in [2.45, 2.75) is 108 Å². The van der Waals surface area contributed by atoms with E-state index >= 15 is 0 Å². The lowest BCUT2D eigenvalue weighted by molar-refractivity contribution is -0.121. The summed E-state index contributed by atoms with van der Waals surface area (Å²) in [5.41, 5.74) is 0. The Kier molecular flexibility index (Phi) is 9.88. The molecule has 180 valence electrons. The van der Waals surface area contributed by atoms with Crippen LogP contribution in [0.25, 0.3) is 0 Å². The van der Waals surface area contributed by atoms with Gasteiger partial charge in [-0.1, -0.05) is 26.2 Å². The first-order chi connectivity index (χ1) is 15.4. The van der Waals surface area contributed by atoms with E-state index in [-0.39, 0.29) is 23.7 Å². The Labute approximate surface area is 192 Å². The molecule has 0 aromatic carbocycles. The van der Waals surface area contributed by atoms with Gasteiger partial charge in [0, 0.05) is 31.3 Å². The van der Waals surface area contributed by atoms with Crippen molar-refractivity contribution in [2.24, 2.45) is 17.8 Å². The normalized spacial score (nSPS) is 27.2. The zero-order valence-corrected chi connectivity index (χ0v) is 19.4. The molecule has 2 aliphatic carbocycles. The molecule has 0 spiro atoms. The van der Waals surface area contributed by atoms with E-state index in [1.165, 1.54) is 0 Å². The fourth-order valence-corrected chi connectivity index (χ4v) is 5.31. The van der Waals surface area contributed by atoms with E-state index in [0.717, 1.165) is 50.8 Å². The molecular weight excluding hydrogens is 406 g/mol. The fourth-order valence-electron chi connectivity index (χ4n) is 5.31. The Balaban J connectivity index is 1.36. The highest BCUT2D eigenvalue weighted by Crippen LogP contribution is 2.42. The van der Waals surface area contributed by atoms with E-state index in [2.05, 4.69) is 22.2 Å². The molecule has 0 bridgehead atoms. The molecule has 32 heavy (non-hydrogen) atoms. The van der Waals surface area contributed by atoms with Crippen LogP contribution in [0, 0.1) is 17.8 Å². The average Bonchev–Trinajstić information content (AvgIpc) is 3.52. The minimum Gasteiger partial charge on any atom is -0.393 e. The summed E-state index contributed by atoms with van der Waals surface area (Å²) in [7, 11) is 0. The highest BCUT2D eigenvalue weighted by molar-refractivity contribution is 5.76. The molecule has 2 saturated carbocycles. The van der Waals surface area contributed by atoms with E-state index in [4.69, 9.17) is 0 Å². The van der Waals surface area contributed by atoms with Crippen LogP contribution in [0.15, 0.2) is 18.5 Å². The smallest absolute Gasteiger partial charge is 0.220 e. The highest BCUT2D eigenvalue weighted by atomic mass is 16.3. The minimum atomic E-state index is -0.513. The first-order valence-electron chi connectivity index (χ1n) is 12.5. The second kappa shape index (κ2) is 12.6. The molecule has 2 aliphatic rings. The Morgan fingerprint density at radius 1 is 1.12 bits per heavy atom. The number of hydrogen-bond donors (Lipinski definition) is 4. The third kappa shape index (κ3) is 8.09. The predicted octanol–water partition coefficient (Wildman–Crippen LogP) is 2.77. The zero-order chi connectivity index (χ0) is 22.9. The molecule has 1 heterocycles. The Morgan fingerprint density at radius 2 is 1.84 bits per heavy atom. The van der Waals surface area contributed by atoms with Crippen LogP contribution in [0.3, 0.4) is 0 Å². The number of aliphatic hydroxyl groups excluding tert-OH is 3. The van der Waals surface area contributed by atoms with Gasteiger partial charge in [0.05, 0.1) is 18.3 Å². The third-order valence-electron chi connectivity index (χ3n) is 7.17. The molecule has 1 aromatic rings. The third-order valence-corrected chi connectivity index (χ3v) is 7.17. The highest BCUT2D eigenvalue weighted by Gasteiger charge is 2.44. The average molecular weight is 448 g/mol. The topological polar surface area (TPSA) is 116 Å². The number of aliphatic hydroxyl groups is 3. The van der Waals surface area contributed by atoms with Gasteiger partial charge in [-0.05, 0) is 68.8 Å². The van der Waals surface area contributed by atoms with Crippen LogP contribution < -0.4 is 5.32 Å². The molecule has 1 amide bonds.